The van der Waals surface area contributed by atoms with Crippen molar-refractivity contribution in [3.05, 3.63) is 29.8 Å². The molecule has 0 aliphatic carbocycles. The molecule has 1 aromatic rings. The van der Waals surface area contributed by atoms with Crippen molar-refractivity contribution in [1.29, 1.82) is 0 Å². The quantitative estimate of drug-likeness (QED) is 0.792. The molecule has 0 aliphatic heterocycles. The molecular weight excluding hydrogens is 208 g/mol. The van der Waals surface area contributed by atoms with E-state index in [-0.39, 0.29) is 6.61 Å². The fraction of sp³-hybridized carbons (Fsp3) is 0.333. The van der Waals surface area contributed by atoms with Crippen LogP contribution in [0.15, 0.2) is 24.3 Å². The van der Waals surface area contributed by atoms with Gasteiger partial charge in [0, 0.05) is 12.2 Å². The first-order valence-electron chi connectivity index (χ1n) is 4.70. The van der Waals surface area contributed by atoms with Crippen LogP contribution in [-0.4, -0.2) is 18.8 Å². The number of thioether (sulfide) groups is 1. The van der Waals surface area contributed by atoms with Crippen molar-refractivity contribution in [2.45, 2.75) is 12.2 Å². The highest BCUT2D eigenvalue weighted by Crippen LogP contribution is 2.15. The van der Waals surface area contributed by atoms with E-state index in [0.717, 1.165) is 11.5 Å². The van der Waals surface area contributed by atoms with Crippen molar-refractivity contribution in [1.82, 2.24) is 0 Å². The summed E-state index contributed by atoms with van der Waals surface area (Å²) in [5.74, 6) is 4.60. The maximum atomic E-state index is 8.51. The van der Waals surface area contributed by atoms with Gasteiger partial charge in [-0.05, 0) is 22.9 Å². The Bertz CT molecular complexity index is 335. The van der Waals surface area contributed by atoms with Gasteiger partial charge in [-0.3, -0.25) is 0 Å². The van der Waals surface area contributed by atoms with Crippen LogP contribution in [0.25, 0.3) is 0 Å². The molecule has 3 heteroatoms. The highest BCUT2D eigenvalue weighted by Gasteiger charge is 1.93. The first-order chi connectivity index (χ1) is 7.36. The van der Waals surface area contributed by atoms with Crippen LogP contribution in [0.4, 0.5) is 0 Å². The third-order valence-corrected chi connectivity index (χ3v) is 2.55. The molecule has 0 aromatic heterocycles. The van der Waals surface area contributed by atoms with Crippen LogP contribution in [0.2, 0.25) is 0 Å². The molecule has 0 saturated heterocycles. The molecule has 0 spiro atoms. The Morgan fingerprint density at radius 3 is 2.67 bits per heavy atom. The maximum Gasteiger partial charge on any atom is 0.118 e. The summed E-state index contributed by atoms with van der Waals surface area (Å²) in [6.07, 6.45) is 0.551. The van der Waals surface area contributed by atoms with Gasteiger partial charge in [-0.2, -0.15) is 0 Å². The zero-order chi connectivity index (χ0) is 10.9. The summed E-state index contributed by atoms with van der Waals surface area (Å²) in [6.45, 7) is 0.135. The Hall–Kier alpha value is -1.11. The summed E-state index contributed by atoms with van der Waals surface area (Å²) in [5, 5.41) is 11.5. The Balaban J connectivity index is 2.35. The average molecular weight is 222 g/mol. The molecule has 1 aromatic carbocycles. The van der Waals surface area contributed by atoms with Gasteiger partial charge < -0.3 is 9.84 Å². The smallest absolute Gasteiger partial charge is 0.118 e. The predicted molar refractivity (Wildman–Crippen MR) is 63.8 cm³/mol. The molecule has 2 nitrogen and oxygen atoms in total. The van der Waals surface area contributed by atoms with Gasteiger partial charge in [0.1, 0.15) is 5.75 Å². The van der Waals surface area contributed by atoms with E-state index in [1.54, 1.807) is 18.9 Å². The molecule has 80 valence electrons. The second-order valence-electron chi connectivity index (χ2n) is 2.89. The lowest BCUT2D eigenvalue weighted by atomic mass is 10.2. The summed E-state index contributed by atoms with van der Waals surface area (Å²) in [4.78, 5) is 0. The van der Waals surface area contributed by atoms with Gasteiger partial charge in [0.25, 0.3) is 0 Å². The molecule has 0 atom stereocenters. The minimum atomic E-state index is 0.135. The van der Waals surface area contributed by atoms with E-state index in [2.05, 4.69) is 11.2 Å². The number of aliphatic hydroxyl groups excluding tert-OH is 1. The molecule has 0 fully saturated rings. The van der Waals surface area contributed by atoms with Crippen LogP contribution in [0.5, 0.6) is 5.75 Å². The first kappa shape index (κ1) is 12.0. The molecule has 0 unspecified atom stereocenters. The highest BCUT2D eigenvalue weighted by molar-refractivity contribution is 8.03. The van der Waals surface area contributed by atoms with Crippen LogP contribution in [-0.2, 0) is 5.75 Å². The summed E-state index contributed by atoms with van der Waals surface area (Å²) < 4.78 is 5.06. The van der Waals surface area contributed by atoms with E-state index < -0.39 is 0 Å². The van der Waals surface area contributed by atoms with E-state index in [1.165, 1.54) is 5.56 Å². The second-order valence-corrected chi connectivity index (χ2v) is 3.67. The number of hydrogen-bond acceptors (Lipinski definition) is 3. The largest absolute Gasteiger partial charge is 0.497 e. The molecule has 1 N–H and O–H groups in total. The molecule has 15 heavy (non-hydrogen) atoms. The minimum absolute atomic E-state index is 0.135. The lowest BCUT2D eigenvalue weighted by molar-refractivity contribution is 0.305. The third kappa shape index (κ3) is 4.78. The molecule has 0 radical (unpaired) electrons. The molecule has 0 bridgehead atoms. The average Bonchev–Trinajstić information content (AvgIpc) is 2.30. The molecule has 0 heterocycles. The summed E-state index contributed by atoms with van der Waals surface area (Å²) in [5.41, 5.74) is 1.22. The van der Waals surface area contributed by atoms with E-state index in [9.17, 15) is 0 Å². The van der Waals surface area contributed by atoms with Crippen molar-refractivity contribution in [2.24, 2.45) is 0 Å². The third-order valence-electron chi connectivity index (χ3n) is 1.78. The summed E-state index contributed by atoms with van der Waals surface area (Å²) in [7, 11) is 1.66. The van der Waals surface area contributed by atoms with Crippen LogP contribution in [0.3, 0.4) is 0 Å². The fourth-order valence-electron chi connectivity index (χ4n) is 0.999. The number of ether oxygens (including phenoxy) is 1. The Morgan fingerprint density at radius 1 is 1.33 bits per heavy atom. The number of aliphatic hydroxyl groups is 1. The number of hydrogen-bond donors (Lipinski definition) is 1. The standard InChI is InChI=1S/C12H14O2S/c1-14-12-6-4-11(5-7-12)10-15-9-3-2-8-13/h4-7,13H,2,8,10H2,1H3. The summed E-state index contributed by atoms with van der Waals surface area (Å²) >= 11 is 1.55. The van der Waals surface area contributed by atoms with Gasteiger partial charge in [-0.15, -0.1) is 0 Å². The number of rotatable bonds is 4. The molecule has 0 saturated carbocycles. The van der Waals surface area contributed by atoms with Crippen molar-refractivity contribution < 1.29 is 9.84 Å². The normalized spacial score (nSPS) is 9.20. The van der Waals surface area contributed by atoms with Gasteiger partial charge in [0.15, 0.2) is 0 Å². The number of benzene rings is 1. The highest BCUT2D eigenvalue weighted by atomic mass is 32.2. The molecule has 1 rings (SSSR count). The van der Waals surface area contributed by atoms with Crippen molar-refractivity contribution in [3.63, 3.8) is 0 Å². The van der Waals surface area contributed by atoms with Crippen LogP contribution >= 0.6 is 11.8 Å². The molecule has 0 amide bonds. The van der Waals surface area contributed by atoms with Gasteiger partial charge in [-0.25, -0.2) is 0 Å². The Morgan fingerprint density at radius 2 is 2.07 bits per heavy atom. The maximum absolute atomic E-state index is 8.51. The van der Waals surface area contributed by atoms with Gasteiger partial charge in [0.2, 0.25) is 0 Å². The van der Waals surface area contributed by atoms with E-state index >= 15 is 0 Å². The zero-order valence-corrected chi connectivity index (χ0v) is 9.51. The molecular formula is C12H14O2S. The Kier molecular flexibility index (Phi) is 5.76. The van der Waals surface area contributed by atoms with Gasteiger partial charge in [-0.1, -0.05) is 29.8 Å². The summed E-state index contributed by atoms with van der Waals surface area (Å²) in [6, 6.07) is 7.94. The molecule has 0 aliphatic rings. The van der Waals surface area contributed by atoms with Crippen molar-refractivity contribution in [3.8, 4) is 16.9 Å². The van der Waals surface area contributed by atoms with Crippen LogP contribution < -0.4 is 4.74 Å². The van der Waals surface area contributed by atoms with Crippen LogP contribution in [0.1, 0.15) is 12.0 Å². The topological polar surface area (TPSA) is 29.5 Å². The van der Waals surface area contributed by atoms with Crippen LogP contribution in [0, 0.1) is 11.2 Å². The Labute approximate surface area is 94.7 Å². The van der Waals surface area contributed by atoms with E-state index in [4.69, 9.17) is 9.84 Å². The minimum Gasteiger partial charge on any atom is -0.497 e. The predicted octanol–water partition coefficient (Wildman–Crippen LogP) is 2.27. The lowest BCUT2D eigenvalue weighted by Gasteiger charge is -2.00. The first-order valence-corrected chi connectivity index (χ1v) is 5.69. The fourth-order valence-corrected chi connectivity index (χ4v) is 1.63. The van der Waals surface area contributed by atoms with Crippen molar-refractivity contribution in [2.75, 3.05) is 13.7 Å². The van der Waals surface area contributed by atoms with E-state index in [1.807, 2.05) is 24.3 Å². The van der Waals surface area contributed by atoms with E-state index in [0.29, 0.717) is 6.42 Å². The van der Waals surface area contributed by atoms with Gasteiger partial charge in [0.05, 0.1) is 13.7 Å². The van der Waals surface area contributed by atoms with Crippen molar-refractivity contribution >= 4 is 11.8 Å². The lowest BCUT2D eigenvalue weighted by Crippen LogP contribution is -1.83. The second kappa shape index (κ2) is 7.22. The monoisotopic (exact) mass is 222 g/mol. The SMILES string of the molecule is COc1ccc(CSC#CCCO)cc1. The van der Waals surface area contributed by atoms with Gasteiger partial charge >= 0.3 is 0 Å². The zero-order valence-electron chi connectivity index (χ0n) is 8.69. The number of methoxy groups -OCH3 is 1.